The first-order valence-corrected chi connectivity index (χ1v) is 14.3. The molecule has 2 heterocycles. The molecule has 0 aliphatic carbocycles. The molecule has 0 saturated carbocycles. The fraction of sp³-hybridized carbons (Fsp3) is 0.517. The van der Waals surface area contributed by atoms with Crippen molar-refractivity contribution >= 4 is 35.0 Å². The fourth-order valence-electron chi connectivity index (χ4n) is 5.37. The largest absolute Gasteiger partial charge is 0.350 e. The average molecular weight is 546 g/mol. The lowest BCUT2D eigenvalue weighted by atomic mass is 9.95. The molecule has 0 aromatic heterocycles. The maximum absolute atomic E-state index is 13.8. The molecule has 6 nitrogen and oxygen atoms in total. The Kier molecular flexibility index (Phi) is 10.3. The molecule has 37 heavy (non-hydrogen) atoms. The number of rotatable bonds is 9. The van der Waals surface area contributed by atoms with Gasteiger partial charge in [0.25, 0.3) is 5.91 Å². The van der Waals surface area contributed by atoms with Gasteiger partial charge in [0, 0.05) is 43.7 Å². The van der Waals surface area contributed by atoms with Crippen LogP contribution in [0.2, 0.25) is 10.0 Å². The molecule has 2 aromatic rings. The number of benzene rings is 2. The van der Waals surface area contributed by atoms with E-state index in [9.17, 15) is 9.59 Å². The van der Waals surface area contributed by atoms with E-state index in [2.05, 4.69) is 46.7 Å². The van der Waals surface area contributed by atoms with Crippen LogP contribution in [0.1, 0.15) is 60.9 Å². The Bertz CT molecular complexity index is 1050. The summed E-state index contributed by atoms with van der Waals surface area (Å²) in [4.78, 5) is 31.0. The number of nitrogens with zero attached hydrogens (tertiary/aromatic N) is 2. The van der Waals surface area contributed by atoms with Crippen LogP contribution in [0.5, 0.6) is 0 Å². The van der Waals surface area contributed by atoms with Crippen molar-refractivity contribution in [1.29, 1.82) is 0 Å². The van der Waals surface area contributed by atoms with Crippen molar-refractivity contribution in [2.75, 3.05) is 39.3 Å². The first-order chi connectivity index (χ1) is 17.9. The molecule has 2 aliphatic heterocycles. The van der Waals surface area contributed by atoms with Gasteiger partial charge in [0.2, 0.25) is 5.91 Å². The first kappa shape index (κ1) is 27.9. The minimum absolute atomic E-state index is 0.00716. The van der Waals surface area contributed by atoms with E-state index in [0.717, 1.165) is 25.9 Å². The molecule has 200 valence electrons. The Labute approximate surface area is 230 Å². The topological polar surface area (TPSA) is 64.7 Å². The zero-order valence-corrected chi connectivity index (χ0v) is 23.1. The summed E-state index contributed by atoms with van der Waals surface area (Å²) in [7, 11) is 0. The highest BCUT2D eigenvalue weighted by molar-refractivity contribution is 6.42. The van der Waals surface area contributed by atoms with Crippen LogP contribution in [-0.2, 0) is 4.79 Å². The summed E-state index contributed by atoms with van der Waals surface area (Å²) in [6.07, 6.45) is 5.36. The van der Waals surface area contributed by atoms with Gasteiger partial charge in [0.15, 0.2) is 0 Å². The number of carbonyl (C=O) groups is 2. The Hall–Kier alpha value is -2.12. The van der Waals surface area contributed by atoms with E-state index in [-0.39, 0.29) is 23.9 Å². The number of likely N-dealkylation sites (tertiary alicyclic amines) is 1. The van der Waals surface area contributed by atoms with E-state index < -0.39 is 0 Å². The third-order valence-corrected chi connectivity index (χ3v) is 8.32. The zero-order valence-electron chi connectivity index (χ0n) is 21.6. The summed E-state index contributed by atoms with van der Waals surface area (Å²) in [5, 5.41) is 7.41. The van der Waals surface area contributed by atoms with E-state index in [1.807, 2.05) is 11.0 Å². The number of nitrogens with one attached hydrogen (secondary N) is 2. The van der Waals surface area contributed by atoms with Crippen molar-refractivity contribution in [2.24, 2.45) is 0 Å². The van der Waals surface area contributed by atoms with Crippen molar-refractivity contribution in [1.82, 2.24) is 20.4 Å². The maximum Gasteiger partial charge on any atom is 0.251 e. The Balaban J connectivity index is 1.45. The Morgan fingerprint density at radius 2 is 1.81 bits per heavy atom. The molecule has 2 fully saturated rings. The van der Waals surface area contributed by atoms with Crippen LogP contribution in [0.15, 0.2) is 48.5 Å². The summed E-state index contributed by atoms with van der Waals surface area (Å²) in [6.45, 7) is 6.77. The van der Waals surface area contributed by atoms with Crippen molar-refractivity contribution in [3.05, 3.63) is 69.7 Å². The second kappa shape index (κ2) is 13.6. The van der Waals surface area contributed by atoms with Gasteiger partial charge in [-0.3, -0.25) is 9.59 Å². The van der Waals surface area contributed by atoms with E-state index in [4.69, 9.17) is 23.2 Å². The predicted molar refractivity (Wildman–Crippen MR) is 150 cm³/mol. The van der Waals surface area contributed by atoms with Gasteiger partial charge in [-0.05, 0) is 62.5 Å². The van der Waals surface area contributed by atoms with Gasteiger partial charge in [-0.25, -0.2) is 0 Å². The lowest BCUT2D eigenvalue weighted by Gasteiger charge is -2.33. The van der Waals surface area contributed by atoms with Gasteiger partial charge >= 0.3 is 0 Å². The molecule has 0 spiro atoms. The van der Waals surface area contributed by atoms with Crippen LogP contribution in [0.3, 0.4) is 0 Å². The second-order valence-corrected chi connectivity index (χ2v) is 11.0. The summed E-state index contributed by atoms with van der Waals surface area (Å²) in [5.41, 5.74) is 1.74. The molecule has 3 unspecified atom stereocenters. The Morgan fingerprint density at radius 3 is 2.51 bits per heavy atom. The SMILES string of the molecule is CCC(CN1CCC(CNC(=O)c2ccc(Cl)c(Cl)c2)NC(CN2CCCCC2)C1=O)c1ccccc1. The van der Waals surface area contributed by atoms with E-state index in [0.29, 0.717) is 47.7 Å². The van der Waals surface area contributed by atoms with Gasteiger partial charge < -0.3 is 20.4 Å². The molecule has 2 amide bonds. The minimum Gasteiger partial charge on any atom is -0.350 e. The quantitative estimate of drug-likeness (QED) is 0.468. The first-order valence-electron chi connectivity index (χ1n) is 13.5. The summed E-state index contributed by atoms with van der Waals surface area (Å²) in [6, 6.07) is 15.1. The number of amides is 2. The zero-order chi connectivity index (χ0) is 26.2. The standard InChI is InChI=1S/C29H38Cl2N4O2/c1-2-21(22-9-5-3-6-10-22)19-35-16-13-24(18-32-28(36)23-11-12-25(30)26(31)17-23)33-27(29(35)37)20-34-14-7-4-8-15-34/h3,5-6,9-12,17,21,24,27,33H,2,4,7-8,13-16,18-20H2,1H3,(H,32,36). The number of carbonyl (C=O) groups excluding carboxylic acids is 2. The molecule has 2 aromatic carbocycles. The van der Waals surface area contributed by atoms with Crippen LogP contribution in [-0.4, -0.2) is 73.0 Å². The highest BCUT2D eigenvalue weighted by Gasteiger charge is 2.33. The lowest BCUT2D eigenvalue weighted by Crippen LogP contribution is -2.54. The highest BCUT2D eigenvalue weighted by Crippen LogP contribution is 2.24. The highest BCUT2D eigenvalue weighted by atomic mass is 35.5. The second-order valence-electron chi connectivity index (χ2n) is 10.2. The number of halogens is 2. The van der Waals surface area contributed by atoms with E-state index in [1.165, 1.54) is 24.8 Å². The molecule has 3 atom stereocenters. The van der Waals surface area contributed by atoms with Crippen molar-refractivity contribution < 1.29 is 9.59 Å². The number of hydrogen-bond donors (Lipinski definition) is 2. The van der Waals surface area contributed by atoms with Crippen LogP contribution < -0.4 is 10.6 Å². The smallest absolute Gasteiger partial charge is 0.251 e. The van der Waals surface area contributed by atoms with Gasteiger partial charge in [0.1, 0.15) is 0 Å². The van der Waals surface area contributed by atoms with Crippen LogP contribution >= 0.6 is 23.2 Å². The molecule has 0 bridgehead atoms. The lowest BCUT2D eigenvalue weighted by molar-refractivity contribution is -0.133. The maximum atomic E-state index is 13.8. The molecule has 2 saturated heterocycles. The van der Waals surface area contributed by atoms with Crippen LogP contribution in [0, 0.1) is 0 Å². The van der Waals surface area contributed by atoms with Crippen molar-refractivity contribution in [3.63, 3.8) is 0 Å². The summed E-state index contributed by atoms with van der Waals surface area (Å²) >= 11 is 12.1. The van der Waals surface area contributed by atoms with Crippen LogP contribution in [0.4, 0.5) is 0 Å². The number of hydrogen-bond acceptors (Lipinski definition) is 4. The average Bonchev–Trinajstić information content (AvgIpc) is 3.06. The molecular weight excluding hydrogens is 507 g/mol. The molecule has 4 rings (SSSR count). The molecule has 8 heteroatoms. The van der Waals surface area contributed by atoms with Crippen molar-refractivity contribution in [3.8, 4) is 0 Å². The molecule has 0 radical (unpaired) electrons. The van der Waals surface area contributed by atoms with Gasteiger partial charge in [-0.2, -0.15) is 0 Å². The fourth-order valence-corrected chi connectivity index (χ4v) is 5.67. The molecule has 2 aliphatic rings. The summed E-state index contributed by atoms with van der Waals surface area (Å²) in [5.74, 6) is 0.264. The molecule has 2 N–H and O–H groups in total. The minimum atomic E-state index is -0.291. The van der Waals surface area contributed by atoms with Gasteiger partial charge in [-0.15, -0.1) is 0 Å². The third-order valence-electron chi connectivity index (χ3n) is 7.58. The monoisotopic (exact) mass is 544 g/mol. The molecular formula is C29H38Cl2N4O2. The van der Waals surface area contributed by atoms with E-state index >= 15 is 0 Å². The third kappa shape index (κ3) is 7.70. The predicted octanol–water partition coefficient (Wildman–Crippen LogP) is 4.96. The van der Waals surface area contributed by atoms with Crippen LogP contribution in [0.25, 0.3) is 0 Å². The number of piperidine rings is 1. The Morgan fingerprint density at radius 1 is 1.05 bits per heavy atom. The van der Waals surface area contributed by atoms with Gasteiger partial charge in [0.05, 0.1) is 16.1 Å². The van der Waals surface area contributed by atoms with Gasteiger partial charge in [-0.1, -0.05) is 66.9 Å². The summed E-state index contributed by atoms with van der Waals surface area (Å²) < 4.78 is 0. The normalized spacial score (nSPS) is 21.9. The van der Waals surface area contributed by atoms with Crippen molar-refractivity contribution in [2.45, 2.75) is 57.0 Å². The van der Waals surface area contributed by atoms with E-state index in [1.54, 1.807) is 18.2 Å².